The van der Waals surface area contributed by atoms with Crippen molar-refractivity contribution >= 4 is 17.7 Å². The molecule has 3 aromatic rings. The van der Waals surface area contributed by atoms with Crippen LogP contribution < -0.4 is 5.32 Å². The molecule has 0 atom stereocenters. The van der Waals surface area contributed by atoms with E-state index in [-0.39, 0.29) is 30.3 Å². The first kappa shape index (κ1) is 20.1. The van der Waals surface area contributed by atoms with Gasteiger partial charge in [-0.1, -0.05) is 37.5 Å². The summed E-state index contributed by atoms with van der Waals surface area (Å²) < 4.78 is 1.80. The number of carbonyl (C=O) groups is 3. The summed E-state index contributed by atoms with van der Waals surface area (Å²) in [7, 11) is 0. The van der Waals surface area contributed by atoms with Gasteiger partial charge in [-0.25, -0.2) is 0 Å². The van der Waals surface area contributed by atoms with Crippen molar-refractivity contribution in [3.8, 4) is 5.69 Å². The number of aromatic nitrogens is 3. The Labute approximate surface area is 185 Å². The van der Waals surface area contributed by atoms with Gasteiger partial charge in [0.2, 0.25) is 0 Å². The monoisotopic (exact) mass is 429 g/mol. The number of nitrogens with one attached hydrogen (secondary N) is 1. The van der Waals surface area contributed by atoms with E-state index in [0.29, 0.717) is 22.5 Å². The summed E-state index contributed by atoms with van der Waals surface area (Å²) in [5.41, 5.74) is 1.91. The molecule has 2 heterocycles. The van der Waals surface area contributed by atoms with E-state index in [9.17, 15) is 14.4 Å². The van der Waals surface area contributed by atoms with Crippen molar-refractivity contribution in [2.45, 2.75) is 44.7 Å². The number of fused-ring (bicyclic) bond motifs is 1. The summed E-state index contributed by atoms with van der Waals surface area (Å²) in [4.78, 5) is 40.0. The van der Waals surface area contributed by atoms with Gasteiger partial charge >= 0.3 is 0 Å². The first-order chi connectivity index (χ1) is 15.6. The highest BCUT2D eigenvalue weighted by Crippen LogP contribution is 2.31. The highest BCUT2D eigenvalue weighted by atomic mass is 16.2. The van der Waals surface area contributed by atoms with E-state index in [2.05, 4.69) is 15.5 Å². The molecule has 0 unspecified atom stereocenters. The molecule has 0 radical (unpaired) electrons. The van der Waals surface area contributed by atoms with Gasteiger partial charge in [-0.15, -0.1) is 10.2 Å². The van der Waals surface area contributed by atoms with Gasteiger partial charge in [-0.05, 0) is 43.2 Å². The van der Waals surface area contributed by atoms with E-state index >= 15 is 0 Å². The van der Waals surface area contributed by atoms with E-state index in [1.165, 1.54) is 11.0 Å². The summed E-state index contributed by atoms with van der Waals surface area (Å²) in [5.74, 6) is -0.303. The molecule has 1 aliphatic carbocycles. The minimum absolute atomic E-state index is 0.0437. The Morgan fingerprint density at radius 1 is 0.969 bits per heavy atom. The van der Waals surface area contributed by atoms with Crippen LogP contribution in [0.5, 0.6) is 0 Å². The van der Waals surface area contributed by atoms with Crippen molar-refractivity contribution < 1.29 is 14.4 Å². The van der Waals surface area contributed by atoms with Crippen molar-refractivity contribution in [3.05, 3.63) is 77.4 Å². The molecular formula is C24H23N5O3. The summed E-state index contributed by atoms with van der Waals surface area (Å²) in [5, 5.41) is 10.9. The molecule has 8 nitrogen and oxygen atoms in total. The minimum atomic E-state index is -0.341. The fraction of sp³-hybridized carbons (Fsp3) is 0.292. The Kier molecular flexibility index (Phi) is 5.26. The third kappa shape index (κ3) is 3.57. The second-order valence-corrected chi connectivity index (χ2v) is 8.17. The number of nitrogens with zero attached hydrogens (tertiary/aromatic N) is 4. The molecule has 8 heteroatoms. The molecule has 2 aliphatic rings. The van der Waals surface area contributed by atoms with E-state index in [0.717, 1.165) is 37.8 Å². The van der Waals surface area contributed by atoms with Crippen molar-refractivity contribution in [2.24, 2.45) is 0 Å². The highest BCUT2D eigenvalue weighted by Gasteiger charge is 2.40. The molecule has 32 heavy (non-hydrogen) atoms. The lowest BCUT2D eigenvalue weighted by Crippen LogP contribution is -2.40. The van der Waals surface area contributed by atoms with Gasteiger partial charge in [0.15, 0.2) is 5.82 Å². The van der Waals surface area contributed by atoms with Crippen LogP contribution in [-0.2, 0) is 6.54 Å². The molecule has 1 aliphatic heterocycles. The van der Waals surface area contributed by atoms with Crippen molar-refractivity contribution in [1.29, 1.82) is 0 Å². The predicted molar refractivity (Wildman–Crippen MR) is 116 cm³/mol. The Bertz CT molecular complexity index is 1180. The SMILES string of the molecule is O=C(NCc1nncn1-c1ccccc1)c1ccc2c(c1)C(=O)N(C1CCCCC1)C2=O. The summed E-state index contributed by atoms with van der Waals surface area (Å²) in [6.07, 6.45) is 6.48. The molecule has 1 N–H and O–H groups in total. The van der Waals surface area contributed by atoms with Crippen molar-refractivity contribution in [3.63, 3.8) is 0 Å². The van der Waals surface area contributed by atoms with Gasteiger partial charge in [-0.3, -0.25) is 23.9 Å². The van der Waals surface area contributed by atoms with Crippen LogP contribution in [-0.4, -0.2) is 43.4 Å². The molecular weight excluding hydrogens is 406 g/mol. The number of hydrogen-bond acceptors (Lipinski definition) is 5. The lowest BCUT2D eigenvalue weighted by Gasteiger charge is -2.29. The molecule has 5 rings (SSSR count). The minimum Gasteiger partial charge on any atom is -0.345 e. The smallest absolute Gasteiger partial charge is 0.261 e. The molecule has 1 aromatic heterocycles. The summed E-state index contributed by atoms with van der Waals surface area (Å²) in [6.45, 7) is 0.173. The van der Waals surface area contributed by atoms with Crippen LogP contribution in [0, 0.1) is 0 Å². The van der Waals surface area contributed by atoms with E-state index in [1.54, 1.807) is 23.0 Å². The number of imide groups is 1. The molecule has 0 saturated heterocycles. The first-order valence-electron chi connectivity index (χ1n) is 10.9. The summed E-state index contributed by atoms with van der Waals surface area (Å²) in [6, 6.07) is 14.3. The average molecular weight is 429 g/mol. The quantitative estimate of drug-likeness (QED) is 0.629. The van der Waals surface area contributed by atoms with E-state index < -0.39 is 0 Å². The Morgan fingerprint density at radius 2 is 1.72 bits per heavy atom. The fourth-order valence-corrected chi connectivity index (χ4v) is 4.52. The maximum Gasteiger partial charge on any atom is 0.261 e. The molecule has 2 aromatic carbocycles. The number of para-hydroxylation sites is 1. The van der Waals surface area contributed by atoms with Crippen molar-refractivity contribution in [2.75, 3.05) is 0 Å². The third-order valence-electron chi connectivity index (χ3n) is 6.18. The van der Waals surface area contributed by atoms with Gasteiger partial charge in [0, 0.05) is 17.3 Å². The van der Waals surface area contributed by atoms with E-state index in [1.807, 2.05) is 30.3 Å². The number of rotatable bonds is 5. The zero-order valence-electron chi connectivity index (χ0n) is 17.5. The molecule has 162 valence electrons. The lowest BCUT2D eigenvalue weighted by molar-refractivity contribution is 0.0548. The van der Waals surface area contributed by atoms with Crippen LogP contribution in [0.2, 0.25) is 0 Å². The topological polar surface area (TPSA) is 97.2 Å². The average Bonchev–Trinajstić information content (AvgIpc) is 3.41. The van der Waals surface area contributed by atoms with Gasteiger partial charge in [-0.2, -0.15) is 0 Å². The number of amides is 3. The molecule has 0 spiro atoms. The van der Waals surface area contributed by atoms with Gasteiger partial charge in [0.05, 0.1) is 17.7 Å². The second-order valence-electron chi connectivity index (χ2n) is 8.17. The van der Waals surface area contributed by atoms with Crippen LogP contribution in [0.1, 0.15) is 69.0 Å². The van der Waals surface area contributed by atoms with E-state index in [4.69, 9.17) is 0 Å². The highest BCUT2D eigenvalue weighted by molar-refractivity contribution is 6.22. The second kappa shape index (κ2) is 8.37. The Hall–Kier alpha value is -3.81. The third-order valence-corrected chi connectivity index (χ3v) is 6.18. The summed E-state index contributed by atoms with van der Waals surface area (Å²) >= 11 is 0. The Morgan fingerprint density at radius 3 is 2.50 bits per heavy atom. The zero-order chi connectivity index (χ0) is 22.1. The number of benzene rings is 2. The zero-order valence-corrected chi connectivity index (χ0v) is 17.5. The van der Waals surface area contributed by atoms with Crippen LogP contribution in [0.4, 0.5) is 0 Å². The molecule has 0 bridgehead atoms. The van der Waals surface area contributed by atoms with Gasteiger partial charge in [0.25, 0.3) is 17.7 Å². The Balaban J connectivity index is 1.31. The van der Waals surface area contributed by atoms with Crippen LogP contribution in [0.3, 0.4) is 0 Å². The number of carbonyl (C=O) groups excluding carboxylic acids is 3. The standard InChI is InChI=1S/C24H23N5O3/c30-22(25-14-21-27-26-15-28(21)17-7-3-1-4-8-17)16-11-12-19-20(13-16)24(32)29(23(19)31)18-9-5-2-6-10-18/h1,3-4,7-8,11-13,15,18H,2,5-6,9-10,14H2,(H,25,30). The van der Waals surface area contributed by atoms with Gasteiger partial charge in [0.1, 0.15) is 6.33 Å². The molecule has 1 fully saturated rings. The maximum absolute atomic E-state index is 13.0. The first-order valence-corrected chi connectivity index (χ1v) is 10.9. The van der Waals surface area contributed by atoms with Crippen LogP contribution >= 0.6 is 0 Å². The van der Waals surface area contributed by atoms with Gasteiger partial charge < -0.3 is 5.32 Å². The predicted octanol–water partition coefficient (Wildman–Crippen LogP) is 3.13. The fourth-order valence-electron chi connectivity index (χ4n) is 4.52. The van der Waals surface area contributed by atoms with Crippen LogP contribution in [0.25, 0.3) is 5.69 Å². The normalized spacial score (nSPS) is 16.3. The largest absolute Gasteiger partial charge is 0.345 e. The van der Waals surface area contributed by atoms with Crippen molar-refractivity contribution in [1.82, 2.24) is 25.0 Å². The molecule has 1 saturated carbocycles. The number of hydrogen-bond donors (Lipinski definition) is 1. The van der Waals surface area contributed by atoms with Crippen LogP contribution in [0.15, 0.2) is 54.9 Å². The lowest BCUT2D eigenvalue weighted by atomic mass is 9.94. The molecule has 3 amide bonds. The maximum atomic E-state index is 13.0.